The highest BCUT2D eigenvalue weighted by Gasteiger charge is 2.03. The van der Waals surface area contributed by atoms with Crippen LogP contribution in [0.5, 0.6) is 0 Å². The Labute approximate surface area is 59.0 Å². The van der Waals surface area contributed by atoms with Gasteiger partial charge in [-0.05, 0) is 35.7 Å². The largest absolute Gasteiger partial charge is 0.389 e. The number of aryl methyl sites for hydroxylation is 1. The highest BCUT2D eigenvalue weighted by molar-refractivity contribution is 7.08. The van der Waals surface area contributed by atoms with Gasteiger partial charge in [-0.15, -0.1) is 0 Å². The van der Waals surface area contributed by atoms with Gasteiger partial charge < -0.3 is 5.11 Å². The lowest BCUT2D eigenvalue weighted by molar-refractivity contribution is 0.199. The fourth-order valence-corrected chi connectivity index (χ4v) is 1.74. The van der Waals surface area contributed by atoms with Crippen LogP contribution in [0.4, 0.5) is 0 Å². The van der Waals surface area contributed by atoms with Crippen LogP contribution in [0.1, 0.15) is 24.2 Å². The van der Waals surface area contributed by atoms with Crippen LogP contribution >= 0.6 is 11.3 Å². The van der Waals surface area contributed by atoms with Gasteiger partial charge >= 0.3 is 0 Å². The van der Waals surface area contributed by atoms with Crippen LogP contribution in [0.15, 0.2) is 10.8 Å². The van der Waals surface area contributed by atoms with Crippen LogP contribution in [-0.4, -0.2) is 5.11 Å². The standard InChI is InChI=1S/C7H10OS/c1-5-3-9-4-7(5)6(2)8/h3-4,6,8H,1-2H3. The van der Waals surface area contributed by atoms with E-state index in [2.05, 4.69) is 0 Å². The third-order valence-electron chi connectivity index (χ3n) is 1.35. The van der Waals surface area contributed by atoms with Gasteiger partial charge in [0.05, 0.1) is 6.10 Å². The van der Waals surface area contributed by atoms with Crippen molar-refractivity contribution in [1.82, 2.24) is 0 Å². The van der Waals surface area contributed by atoms with E-state index in [0.717, 1.165) is 5.56 Å². The Morgan fingerprint density at radius 3 is 2.44 bits per heavy atom. The molecule has 0 amide bonds. The fourth-order valence-electron chi connectivity index (χ4n) is 0.798. The van der Waals surface area contributed by atoms with E-state index < -0.39 is 0 Å². The van der Waals surface area contributed by atoms with E-state index in [4.69, 9.17) is 5.11 Å². The molecule has 0 fully saturated rings. The molecule has 0 radical (unpaired) electrons. The molecule has 0 aliphatic heterocycles. The number of hydrogen-bond acceptors (Lipinski definition) is 2. The molecule has 1 unspecified atom stereocenters. The summed E-state index contributed by atoms with van der Waals surface area (Å²) in [6.45, 7) is 3.80. The second-order valence-corrected chi connectivity index (χ2v) is 2.93. The van der Waals surface area contributed by atoms with Crippen molar-refractivity contribution in [3.8, 4) is 0 Å². The lowest BCUT2D eigenvalue weighted by Gasteiger charge is -2.00. The molecule has 1 aromatic heterocycles. The summed E-state index contributed by atoms with van der Waals surface area (Å²) < 4.78 is 0. The van der Waals surface area contributed by atoms with Crippen molar-refractivity contribution >= 4 is 11.3 Å². The Balaban J connectivity index is 2.94. The normalized spacial score (nSPS) is 13.7. The molecule has 1 atom stereocenters. The van der Waals surface area contributed by atoms with Crippen molar-refractivity contribution in [1.29, 1.82) is 0 Å². The molecule has 1 heterocycles. The average Bonchev–Trinajstić information content (AvgIpc) is 2.13. The quantitative estimate of drug-likeness (QED) is 0.636. The zero-order valence-electron chi connectivity index (χ0n) is 5.59. The van der Waals surface area contributed by atoms with Gasteiger partial charge in [0, 0.05) is 0 Å². The molecular formula is C7H10OS. The lowest BCUT2D eigenvalue weighted by Crippen LogP contribution is -1.88. The maximum absolute atomic E-state index is 9.10. The SMILES string of the molecule is Cc1cscc1C(C)O. The molecule has 1 nitrogen and oxygen atoms in total. The summed E-state index contributed by atoms with van der Waals surface area (Å²) in [5.74, 6) is 0. The van der Waals surface area contributed by atoms with Crippen molar-refractivity contribution in [2.45, 2.75) is 20.0 Å². The first-order valence-corrected chi connectivity index (χ1v) is 3.87. The van der Waals surface area contributed by atoms with E-state index in [1.807, 2.05) is 17.7 Å². The zero-order valence-corrected chi connectivity index (χ0v) is 6.40. The van der Waals surface area contributed by atoms with Gasteiger partial charge in [0.25, 0.3) is 0 Å². The molecule has 0 bridgehead atoms. The van der Waals surface area contributed by atoms with E-state index in [1.54, 1.807) is 18.3 Å². The van der Waals surface area contributed by atoms with E-state index in [1.165, 1.54) is 5.56 Å². The van der Waals surface area contributed by atoms with Gasteiger partial charge in [0.1, 0.15) is 0 Å². The van der Waals surface area contributed by atoms with Crippen molar-refractivity contribution in [3.63, 3.8) is 0 Å². The van der Waals surface area contributed by atoms with Crippen LogP contribution in [0, 0.1) is 6.92 Å². The van der Waals surface area contributed by atoms with Gasteiger partial charge in [0.15, 0.2) is 0 Å². The number of aliphatic hydroxyl groups is 1. The van der Waals surface area contributed by atoms with Crippen LogP contribution in [-0.2, 0) is 0 Å². The van der Waals surface area contributed by atoms with Crippen molar-refractivity contribution in [2.24, 2.45) is 0 Å². The Morgan fingerprint density at radius 1 is 1.56 bits per heavy atom. The first kappa shape index (κ1) is 6.78. The molecule has 0 aliphatic carbocycles. The summed E-state index contributed by atoms with van der Waals surface area (Å²) >= 11 is 1.63. The third kappa shape index (κ3) is 1.32. The molecule has 50 valence electrons. The van der Waals surface area contributed by atoms with Crippen LogP contribution in [0.2, 0.25) is 0 Å². The van der Waals surface area contributed by atoms with E-state index in [9.17, 15) is 0 Å². The Kier molecular flexibility index (Phi) is 1.88. The third-order valence-corrected chi connectivity index (χ3v) is 2.22. The minimum atomic E-state index is -0.309. The molecule has 1 aromatic rings. The summed E-state index contributed by atoms with van der Waals surface area (Å²) in [5.41, 5.74) is 2.25. The summed E-state index contributed by atoms with van der Waals surface area (Å²) in [7, 11) is 0. The number of rotatable bonds is 1. The van der Waals surface area contributed by atoms with Crippen LogP contribution in [0.3, 0.4) is 0 Å². The molecule has 0 saturated carbocycles. The number of hydrogen-bond donors (Lipinski definition) is 1. The van der Waals surface area contributed by atoms with Crippen molar-refractivity contribution in [2.75, 3.05) is 0 Å². The minimum Gasteiger partial charge on any atom is -0.389 e. The number of thiophene rings is 1. The molecule has 0 saturated heterocycles. The minimum absolute atomic E-state index is 0.309. The van der Waals surface area contributed by atoms with E-state index in [-0.39, 0.29) is 6.10 Å². The first-order valence-electron chi connectivity index (χ1n) is 2.92. The zero-order chi connectivity index (χ0) is 6.85. The second-order valence-electron chi connectivity index (χ2n) is 2.19. The average molecular weight is 142 g/mol. The highest BCUT2D eigenvalue weighted by atomic mass is 32.1. The maximum atomic E-state index is 9.10. The molecule has 1 N–H and O–H groups in total. The summed E-state index contributed by atoms with van der Waals surface area (Å²) in [5, 5.41) is 13.1. The Morgan fingerprint density at radius 2 is 2.22 bits per heavy atom. The number of aliphatic hydroxyl groups excluding tert-OH is 1. The summed E-state index contributed by atoms with van der Waals surface area (Å²) in [6.07, 6.45) is -0.309. The molecule has 9 heavy (non-hydrogen) atoms. The lowest BCUT2D eigenvalue weighted by atomic mass is 10.1. The van der Waals surface area contributed by atoms with E-state index >= 15 is 0 Å². The topological polar surface area (TPSA) is 20.2 Å². The molecule has 0 spiro atoms. The monoisotopic (exact) mass is 142 g/mol. The van der Waals surface area contributed by atoms with Crippen molar-refractivity contribution < 1.29 is 5.11 Å². The van der Waals surface area contributed by atoms with Crippen LogP contribution < -0.4 is 0 Å². The van der Waals surface area contributed by atoms with Gasteiger partial charge in [-0.25, -0.2) is 0 Å². The smallest absolute Gasteiger partial charge is 0.0772 e. The highest BCUT2D eigenvalue weighted by Crippen LogP contribution is 2.20. The first-order chi connectivity index (χ1) is 4.22. The van der Waals surface area contributed by atoms with Gasteiger partial charge in [-0.2, -0.15) is 11.3 Å². The van der Waals surface area contributed by atoms with E-state index in [0.29, 0.717) is 0 Å². The van der Waals surface area contributed by atoms with Crippen molar-refractivity contribution in [3.05, 3.63) is 21.9 Å². The van der Waals surface area contributed by atoms with Gasteiger partial charge in [0.2, 0.25) is 0 Å². The Hall–Kier alpha value is -0.340. The molecular weight excluding hydrogens is 132 g/mol. The molecule has 0 aliphatic rings. The second kappa shape index (κ2) is 2.50. The molecule has 2 heteroatoms. The Bertz CT molecular complexity index is 191. The van der Waals surface area contributed by atoms with Crippen LogP contribution in [0.25, 0.3) is 0 Å². The maximum Gasteiger partial charge on any atom is 0.0772 e. The molecule has 1 rings (SSSR count). The van der Waals surface area contributed by atoms with Gasteiger partial charge in [-0.3, -0.25) is 0 Å². The molecule has 0 aromatic carbocycles. The predicted molar refractivity (Wildman–Crippen MR) is 39.7 cm³/mol. The summed E-state index contributed by atoms with van der Waals surface area (Å²) in [6, 6.07) is 0. The predicted octanol–water partition coefficient (Wildman–Crippen LogP) is 2.11. The fraction of sp³-hybridized carbons (Fsp3) is 0.429. The van der Waals surface area contributed by atoms with Gasteiger partial charge in [-0.1, -0.05) is 0 Å². The summed E-state index contributed by atoms with van der Waals surface area (Å²) in [4.78, 5) is 0.